The molecule has 1 heterocycles. The smallest absolute Gasteiger partial charge is 0.149 e. The predicted molar refractivity (Wildman–Crippen MR) is 68.9 cm³/mol. The van der Waals surface area contributed by atoms with Crippen molar-refractivity contribution < 1.29 is 0 Å². The molecule has 1 aromatic rings. The summed E-state index contributed by atoms with van der Waals surface area (Å²) in [7, 11) is 0. The molecule has 3 nitrogen and oxygen atoms in total. The number of nitrogens with zero attached hydrogens (tertiary/aromatic N) is 1. The normalized spacial score (nSPS) is 12.9. The molecule has 3 N–H and O–H groups in total. The number of rotatable bonds is 4. The van der Waals surface area contributed by atoms with E-state index in [1.165, 1.54) is 0 Å². The number of pyridine rings is 1. The van der Waals surface area contributed by atoms with Crippen LogP contribution in [0.3, 0.4) is 0 Å². The molecule has 0 aromatic carbocycles. The van der Waals surface area contributed by atoms with Crippen LogP contribution < -0.4 is 11.1 Å². The highest BCUT2D eigenvalue weighted by Gasteiger charge is 2.07. The first-order valence-electron chi connectivity index (χ1n) is 5.16. The molecule has 1 atom stereocenters. The summed E-state index contributed by atoms with van der Waals surface area (Å²) in [5.74, 6) is 1.44. The molecule has 0 bridgehead atoms. The molecule has 0 spiro atoms. The van der Waals surface area contributed by atoms with E-state index in [4.69, 9.17) is 5.73 Å². The van der Waals surface area contributed by atoms with Crippen LogP contribution in [0.15, 0.2) is 16.7 Å². The van der Waals surface area contributed by atoms with Gasteiger partial charge in [-0.05, 0) is 41.3 Å². The molecular formula is C11H18BrN3. The maximum atomic E-state index is 5.85. The summed E-state index contributed by atoms with van der Waals surface area (Å²) in [5, 5.41) is 3.31. The molecule has 0 amide bonds. The second-order valence-corrected chi connectivity index (χ2v) is 5.18. The zero-order valence-electron chi connectivity index (χ0n) is 9.42. The Balaban J connectivity index is 2.64. The van der Waals surface area contributed by atoms with Crippen molar-refractivity contribution in [3.05, 3.63) is 16.7 Å². The third-order valence-electron chi connectivity index (χ3n) is 2.09. The van der Waals surface area contributed by atoms with E-state index in [-0.39, 0.29) is 0 Å². The number of hydrogen-bond donors (Lipinski definition) is 2. The molecule has 0 aliphatic heterocycles. The van der Waals surface area contributed by atoms with E-state index in [9.17, 15) is 0 Å². The molecule has 1 rings (SSSR count). The summed E-state index contributed by atoms with van der Waals surface area (Å²) < 4.78 is 0.905. The highest BCUT2D eigenvalue weighted by atomic mass is 79.9. The molecule has 1 unspecified atom stereocenters. The van der Waals surface area contributed by atoms with Gasteiger partial charge in [0.25, 0.3) is 0 Å². The number of nitrogens with two attached hydrogens (primary N) is 1. The van der Waals surface area contributed by atoms with Gasteiger partial charge in [-0.1, -0.05) is 13.8 Å². The molecule has 4 heteroatoms. The van der Waals surface area contributed by atoms with Gasteiger partial charge in [0.15, 0.2) is 0 Å². The van der Waals surface area contributed by atoms with Crippen LogP contribution in [0, 0.1) is 5.92 Å². The van der Waals surface area contributed by atoms with Crippen molar-refractivity contribution in [2.45, 2.75) is 33.2 Å². The Morgan fingerprint density at radius 3 is 2.67 bits per heavy atom. The average Bonchev–Trinajstić information content (AvgIpc) is 2.08. The second kappa shape index (κ2) is 5.35. The van der Waals surface area contributed by atoms with E-state index in [1.54, 1.807) is 6.20 Å². The van der Waals surface area contributed by atoms with Crippen LogP contribution >= 0.6 is 15.9 Å². The summed E-state index contributed by atoms with van der Waals surface area (Å²) in [6, 6.07) is 2.25. The lowest BCUT2D eigenvalue weighted by Crippen LogP contribution is -2.19. The Kier molecular flexibility index (Phi) is 4.39. The molecule has 15 heavy (non-hydrogen) atoms. The van der Waals surface area contributed by atoms with E-state index < -0.39 is 0 Å². The summed E-state index contributed by atoms with van der Waals surface area (Å²) in [6.07, 6.45) is 2.86. The number of nitrogens with one attached hydrogen (secondary N) is 1. The van der Waals surface area contributed by atoms with Gasteiger partial charge >= 0.3 is 0 Å². The first-order valence-corrected chi connectivity index (χ1v) is 5.96. The van der Waals surface area contributed by atoms with E-state index in [2.05, 4.69) is 47.0 Å². The zero-order chi connectivity index (χ0) is 11.4. The monoisotopic (exact) mass is 271 g/mol. The highest BCUT2D eigenvalue weighted by Crippen LogP contribution is 2.21. The van der Waals surface area contributed by atoms with Gasteiger partial charge < -0.3 is 11.1 Å². The lowest BCUT2D eigenvalue weighted by atomic mass is 10.1. The van der Waals surface area contributed by atoms with Gasteiger partial charge in [-0.15, -0.1) is 0 Å². The van der Waals surface area contributed by atoms with Crippen LogP contribution in [0.4, 0.5) is 11.5 Å². The van der Waals surface area contributed by atoms with Gasteiger partial charge in [0, 0.05) is 16.7 Å². The molecule has 0 radical (unpaired) electrons. The van der Waals surface area contributed by atoms with Crippen molar-refractivity contribution in [3.63, 3.8) is 0 Å². The lowest BCUT2D eigenvalue weighted by Gasteiger charge is -2.17. The van der Waals surface area contributed by atoms with E-state index >= 15 is 0 Å². The molecule has 0 aliphatic rings. The van der Waals surface area contributed by atoms with Crippen LogP contribution in [0.5, 0.6) is 0 Å². The van der Waals surface area contributed by atoms with Crippen molar-refractivity contribution in [3.8, 4) is 0 Å². The van der Waals surface area contributed by atoms with Gasteiger partial charge in [-0.25, -0.2) is 4.98 Å². The van der Waals surface area contributed by atoms with E-state index in [0.717, 1.165) is 16.7 Å². The van der Waals surface area contributed by atoms with Crippen LogP contribution in [0.25, 0.3) is 0 Å². The van der Waals surface area contributed by atoms with Crippen LogP contribution in [-0.4, -0.2) is 11.0 Å². The van der Waals surface area contributed by atoms with Gasteiger partial charge in [0.05, 0.1) is 5.69 Å². The Morgan fingerprint density at radius 1 is 1.47 bits per heavy atom. The predicted octanol–water partition coefficient (Wildman–Crippen LogP) is 3.27. The SMILES string of the molecule is CC(C)CC(C)Nc1ncc(Br)cc1N. The minimum Gasteiger partial charge on any atom is -0.396 e. The van der Waals surface area contributed by atoms with Gasteiger partial charge in [0.1, 0.15) is 5.82 Å². The molecule has 0 aliphatic carbocycles. The molecule has 1 aromatic heterocycles. The third kappa shape index (κ3) is 4.08. The molecule has 0 saturated carbocycles. The molecule has 84 valence electrons. The van der Waals surface area contributed by atoms with Crippen molar-refractivity contribution >= 4 is 27.4 Å². The van der Waals surface area contributed by atoms with Crippen molar-refractivity contribution in [1.82, 2.24) is 4.98 Å². The molecular weight excluding hydrogens is 254 g/mol. The fraction of sp³-hybridized carbons (Fsp3) is 0.545. The van der Waals surface area contributed by atoms with Gasteiger partial charge in [-0.3, -0.25) is 0 Å². The van der Waals surface area contributed by atoms with E-state index in [0.29, 0.717) is 17.6 Å². The van der Waals surface area contributed by atoms with Crippen LogP contribution in [0.1, 0.15) is 27.2 Å². The number of nitrogen functional groups attached to an aromatic ring is 1. The number of aromatic nitrogens is 1. The maximum Gasteiger partial charge on any atom is 0.149 e. The molecule has 0 fully saturated rings. The quantitative estimate of drug-likeness (QED) is 0.884. The standard InChI is InChI=1S/C11H18BrN3/c1-7(2)4-8(3)15-11-10(13)5-9(12)6-14-11/h5-8H,4,13H2,1-3H3,(H,14,15). The summed E-state index contributed by atoms with van der Waals surface area (Å²) in [5.41, 5.74) is 6.53. The maximum absolute atomic E-state index is 5.85. The van der Waals surface area contributed by atoms with E-state index in [1.807, 2.05) is 6.07 Å². The number of halogens is 1. The fourth-order valence-electron chi connectivity index (χ4n) is 1.57. The minimum atomic E-state index is 0.390. The van der Waals surface area contributed by atoms with Crippen molar-refractivity contribution in [2.75, 3.05) is 11.1 Å². The fourth-order valence-corrected chi connectivity index (χ4v) is 1.92. The topological polar surface area (TPSA) is 50.9 Å². The Labute approximate surface area is 99.6 Å². The number of anilines is 2. The highest BCUT2D eigenvalue weighted by molar-refractivity contribution is 9.10. The lowest BCUT2D eigenvalue weighted by molar-refractivity contribution is 0.539. The zero-order valence-corrected chi connectivity index (χ0v) is 11.0. The van der Waals surface area contributed by atoms with Crippen LogP contribution in [0.2, 0.25) is 0 Å². The van der Waals surface area contributed by atoms with Crippen molar-refractivity contribution in [2.24, 2.45) is 5.92 Å². The van der Waals surface area contributed by atoms with Gasteiger partial charge in [-0.2, -0.15) is 0 Å². The number of hydrogen-bond acceptors (Lipinski definition) is 3. The van der Waals surface area contributed by atoms with Crippen LogP contribution in [-0.2, 0) is 0 Å². The summed E-state index contributed by atoms with van der Waals surface area (Å²) in [4.78, 5) is 4.24. The van der Waals surface area contributed by atoms with Crippen molar-refractivity contribution in [1.29, 1.82) is 0 Å². The first kappa shape index (κ1) is 12.3. The van der Waals surface area contributed by atoms with Gasteiger partial charge in [0.2, 0.25) is 0 Å². The first-order chi connectivity index (χ1) is 6.99. The average molecular weight is 272 g/mol. The Hall–Kier alpha value is -0.770. The minimum absolute atomic E-state index is 0.390. The summed E-state index contributed by atoms with van der Waals surface area (Å²) >= 11 is 3.33. The molecule has 0 saturated heterocycles. The Bertz CT molecular complexity index is 326. The Morgan fingerprint density at radius 2 is 2.13 bits per heavy atom. The third-order valence-corrected chi connectivity index (χ3v) is 2.53. The summed E-state index contributed by atoms with van der Waals surface area (Å²) in [6.45, 7) is 6.55. The largest absolute Gasteiger partial charge is 0.396 e. The second-order valence-electron chi connectivity index (χ2n) is 4.27.